The highest BCUT2D eigenvalue weighted by Gasteiger charge is 2.29. The summed E-state index contributed by atoms with van der Waals surface area (Å²) in [5.74, 6) is 0. The lowest BCUT2D eigenvalue weighted by Crippen LogP contribution is -2.18. The van der Waals surface area contributed by atoms with E-state index in [1.165, 1.54) is 24.3 Å². The third-order valence-corrected chi connectivity index (χ3v) is 4.97. The van der Waals surface area contributed by atoms with Crippen LogP contribution in [0.1, 0.15) is 11.1 Å². The summed E-state index contributed by atoms with van der Waals surface area (Å²) >= 11 is 0. The number of fused-ring (bicyclic) bond motifs is 1. The summed E-state index contributed by atoms with van der Waals surface area (Å²) in [5, 5.41) is 10.8. The van der Waals surface area contributed by atoms with Crippen molar-refractivity contribution in [3.8, 4) is 0 Å². The fraction of sp³-hybridized carbons (Fsp3) is 0.200. The number of rotatable bonds is 4. The maximum atomic E-state index is 12.2. The van der Waals surface area contributed by atoms with Crippen molar-refractivity contribution in [1.82, 2.24) is 0 Å². The predicted octanol–water partition coefficient (Wildman–Crippen LogP) is 2.47. The minimum absolute atomic E-state index is 0.00492. The molecule has 2 aromatic carbocycles. The number of benzene rings is 2. The molecule has 7 heteroatoms. The summed E-state index contributed by atoms with van der Waals surface area (Å²) in [6, 6.07) is 12.5. The van der Waals surface area contributed by atoms with Crippen LogP contribution in [0, 0.1) is 10.1 Å². The minimum Gasteiger partial charge on any atom is -0.262 e. The standard InChI is InChI=1S/C15H13NO5S/c17-16(18)13-7-6-11-9-14(10-12(11)8-13)21-22(19,20)15-4-2-1-3-5-15/h1-8,14H,9-10H2. The Morgan fingerprint density at radius 2 is 1.73 bits per heavy atom. The van der Waals surface area contributed by atoms with Crippen molar-refractivity contribution in [1.29, 1.82) is 0 Å². The van der Waals surface area contributed by atoms with Crippen molar-refractivity contribution in [2.45, 2.75) is 23.8 Å². The molecule has 0 saturated carbocycles. The lowest BCUT2D eigenvalue weighted by Gasteiger charge is -2.11. The van der Waals surface area contributed by atoms with Crippen molar-refractivity contribution >= 4 is 15.8 Å². The zero-order chi connectivity index (χ0) is 15.7. The van der Waals surface area contributed by atoms with Gasteiger partial charge in [-0.1, -0.05) is 24.3 Å². The Balaban J connectivity index is 1.78. The van der Waals surface area contributed by atoms with Gasteiger partial charge in [-0.15, -0.1) is 0 Å². The van der Waals surface area contributed by atoms with Gasteiger partial charge < -0.3 is 0 Å². The Morgan fingerprint density at radius 3 is 2.41 bits per heavy atom. The van der Waals surface area contributed by atoms with Crippen LogP contribution in [0.5, 0.6) is 0 Å². The van der Waals surface area contributed by atoms with Gasteiger partial charge in [0.05, 0.1) is 15.9 Å². The SMILES string of the molecule is O=[N+]([O-])c1ccc2c(c1)CC(OS(=O)(=O)c1ccccc1)C2. The first-order valence-electron chi connectivity index (χ1n) is 6.70. The Morgan fingerprint density at radius 1 is 1.05 bits per heavy atom. The summed E-state index contributed by atoms with van der Waals surface area (Å²) in [6.45, 7) is 0. The van der Waals surface area contributed by atoms with Gasteiger partial charge in [0.2, 0.25) is 0 Å². The first kappa shape index (κ1) is 14.7. The van der Waals surface area contributed by atoms with Crippen LogP contribution >= 0.6 is 0 Å². The lowest BCUT2D eigenvalue weighted by molar-refractivity contribution is -0.384. The van der Waals surface area contributed by atoms with Gasteiger partial charge in [-0.3, -0.25) is 14.3 Å². The lowest BCUT2D eigenvalue weighted by atomic mass is 10.1. The van der Waals surface area contributed by atoms with E-state index >= 15 is 0 Å². The average Bonchev–Trinajstić information content (AvgIpc) is 2.88. The third kappa shape index (κ3) is 2.86. The molecule has 6 nitrogen and oxygen atoms in total. The van der Waals surface area contributed by atoms with Gasteiger partial charge in [0.1, 0.15) is 0 Å². The normalized spacial score (nSPS) is 17.2. The van der Waals surface area contributed by atoms with Crippen molar-refractivity contribution in [3.05, 3.63) is 69.8 Å². The second-order valence-electron chi connectivity index (χ2n) is 5.10. The van der Waals surface area contributed by atoms with E-state index in [-0.39, 0.29) is 10.6 Å². The molecule has 0 aromatic heterocycles. The Hall–Kier alpha value is -2.25. The Bertz CT molecular complexity index is 817. The van der Waals surface area contributed by atoms with Crippen LogP contribution in [0.2, 0.25) is 0 Å². The van der Waals surface area contributed by atoms with Crippen LogP contribution in [0.3, 0.4) is 0 Å². The summed E-state index contributed by atoms with van der Waals surface area (Å²) < 4.78 is 29.6. The fourth-order valence-corrected chi connectivity index (χ4v) is 3.66. The Kier molecular flexibility index (Phi) is 3.67. The van der Waals surface area contributed by atoms with Gasteiger partial charge in [-0.2, -0.15) is 8.42 Å². The number of nitrogens with zero attached hydrogens (tertiary/aromatic N) is 1. The Labute approximate surface area is 127 Å². The number of nitro groups is 1. The smallest absolute Gasteiger partial charge is 0.262 e. The molecule has 1 atom stereocenters. The summed E-state index contributed by atoms with van der Waals surface area (Å²) in [4.78, 5) is 10.4. The van der Waals surface area contributed by atoms with Gasteiger partial charge >= 0.3 is 0 Å². The van der Waals surface area contributed by atoms with E-state index in [1.54, 1.807) is 24.3 Å². The van der Waals surface area contributed by atoms with Gasteiger partial charge in [0.25, 0.3) is 15.8 Å². The van der Waals surface area contributed by atoms with Crippen molar-refractivity contribution in [2.24, 2.45) is 0 Å². The molecule has 1 aliphatic rings. The molecule has 0 fully saturated rings. The molecule has 3 rings (SSSR count). The van der Waals surface area contributed by atoms with E-state index in [2.05, 4.69) is 0 Å². The van der Waals surface area contributed by atoms with Crippen molar-refractivity contribution < 1.29 is 17.5 Å². The largest absolute Gasteiger partial charge is 0.297 e. The van der Waals surface area contributed by atoms with Crippen LogP contribution in [0.4, 0.5) is 5.69 Å². The average molecular weight is 319 g/mol. The second kappa shape index (κ2) is 5.51. The zero-order valence-corrected chi connectivity index (χ0v) is 12.3. The molecule has 0 aliphatic heterocycles. The molecular weight excluding hydrogens is 306 g/mol. The van der Waals surface area contributed by atoms with Crippen LogP contribution in [-0.2, 0) is 27.1 Å². The highest BCUT2D eigenvalue weighted by Crippen LogP contribution is 2.29. The van der Waals surface area contributed by atoms with Gasteiger partial charge in [-0.05, 0) is 23.3 Å². The van der Waals surface area contributed by atoms with Crippen molar-refractivity contribution in [2.75, 3.05) is 0 Å². The van der Waals surface area contributed by atoms with Crippen LogP contribution in [0.25, 0.3) is 0 Å². The first-order chi connectivity index (χ1) is 10.5. The molecule has 0 heterocycles. The molecule has 0 saturated heterocycles. The second-order valence-corrected chi connectivity index (χ2v) is 6.68. The first-order valence-corrected chi connectivity index (χ1v) is 8.11. The molecule has 0 bridgehead atoms. The highest BCUT2D eigenvalue weighted by molar-refractivity contribution is 7.86. The molecule has 0 radical (unpaired) electrons. The van der Waals surface area contributed by atoms with Crippen molar-refractivity contribution in [3.63, 3.8) is 0 Å². The number of non-ortho nitro benzene ring substituents is 1. The fourth-order valence-electron chi connectivity index (χ4n) is 2.57. The van der Waals surface area contributed by atoms with E-state index in [0.29, 0.717) is 12.8 Å². The maximum Gasteiger partial charge on any atom is 0.297 e. The molecule has 0 amide bonds. The third-order valence-electron chi connectivity index (χ3n) is 3.59. The van der Waals surface area contributed by atoms with E-state index in [4.69, 9.17) is 4.18 Å². The van der Waals surface area contributed by atoms with Gasteiger partial charge in [0, 0.05) is 25.0 Å². The van der Waals surface area contributed by atoms with E-state index < -0.39 is 21.1 Å². The quantitative estimate of drug-likeness (QED) is 0.491. The molecule has 22 heavy (non-hydrogen) atoms. The van der Waals surface area contributed by atoms with Gasteiger partial charge in [-0.25, -0.2) is 0 Å². The number of hydrogen-bond acceptors (Lipinski definition) is 5. The van der Waals surface area contributed by atoms with E-state index in [9.17, 15) is 18.5 Å². The van der Waals surface area contributed by atoms with Crippen LogP contribution in [-0.4, -0.2) is 19.4 Å². The number of nitro benzene ring substituents is 1. The zero-order valence-electron chi connectivity index (χ0n) is 11.5. The predicted molar refractivity (Wildman–Crippen MR) is 79.0 cm³/mol. The molecule has 114 valence electrons. The number of hydrogen-bond donors (Lipinski definition) is 0. The van der Waals surface area contributed by atoms with Crippen LogP contribution < -0.4 is 0 Å². The molecular formula is C15H13NO5S. The summed E-state index contributed by atoms with van der Waals surface area (Å²) in [7, 11) is -3.82. The molecule has 2 aromatic rings. The monoisotopic (exact) mass is 319 g/mol. The minimum atomic E-state index is -3.82. The van der Waals surface area contributed by atoms with Crippen LogP contribution in [0.15, 0.2) is 53.4 Å². The van der Waals surface area contributed by atoms with Gasteiger partial charge in [0.15, 0.2) is 0 Å². The molecule has 1 aliphatic carbocycles. The molecule has 0 N–H and O–H groups in total. The summed E-state index contributed by atoms with van der Waals surface area (Å²) in [6.07, 6.45) is 0.254. The summed E-state index contributed by atoms with van der Waals surface area (Å²) in [5.41, 5.74) is 1.66. The maximum absolute atomic E-state index is 12.2. The van der Waals surface area contributed by atoms with E-state index in [0.717, 1.165) is 11.1 Å². The molecule has 1 unspecified atom stereocenters. The topological polar surface area (TPSA) is 86.5 Å². The van der Waals surface area contributed by atoms with E-state index in [1.807, 2.05) is 0 Å². The molecule has 0 spiro atoms. The highest BCUT2D eigenvalue weighted by atomic mass is 32.2.